The number of carbonyl (C=O) groups is 1. The van der Waals surface area contributed by atoms with Crippen LogP contribution in [0.3, 0.4) is 0 Å². The summed E-state index contributed by atoms with van der Waals surface area (Å²) >= 11 is 0. The van der Waals surface area contributed by atoms with Crippen LogP contribution in [0.25, 0.3) is 5.69 Å². The van der Waals surface area contributed by atoms with Gasteiger partial charge in [-0.15, -0.1) is 0 Å². The Morgan fingerprint density at radius 1 is 1.29 bits per heavy atom. The fourth-order valence-corrected chi connectivity index (χ4v) is 2.94. The summed E-state index contributed by atoms with van der Waals surface area (Å²) in [4.78, 5) is 12.3. The normalized spacial score (nSPS) is 13.2. The number of benzene rings is 1. The van der Waals surface area contributed by atoms with Crippen molar-refractivity contribution in [2.45, 2.75) is 38.5 Å². The number of nitrogens with zero attached hydrogens (tertiary/aromatic N) is 3. The third kappa shape index (κ3) is 3.30. The van der Waals surface area contributed by atoms with Gasteiger partial charge in [-0.2, -0.15) is 10.4 Å². The predicted octanol–water partition coefficient (Wildman–Crippen LogP) is 3.35. The highest BCUT2D eigenvalue weighted by Gasteiger charge is 2.26. The Labute approximate surface area is 139 Å². The molecule has 1 heterocycles. The molecule has 1 aromatic heterocycles. The zero-order chi connectivity index (χ0) is 16.9. The summed E-state index contributed by atoms with van der Waals surface area (Å²) < 4.78 is 20.1. The van der Waals surface area contributed by atoms with Gasteiger partial charge in [0.2, 0.25) is 0 Å². The Bertz CT molecular complexity index is 775. The van der Waals surface area contributed by atoms with Crippen molar-refractivity contribution in [1.82, 2.24) is 9.78 Å². The Hall–Kier alpha value is -2.68. The summed E-state index contributed by atoms with van der Waals surface area (Å²) in [5, 5.41) is 13.0. The molecule has 0 unspecified atom stereocenters. The molecule has 1 aliphatic rings. The van der Waals surface area contributed by atoms with Gasteiger partial charge < -0.3 is 4.74 Å². The Morgan fingerprint density at radius 3 is 2.79 bits per heavy atom. The van der Waals surface area contributed by atoms with Gasteiger partial charge in [0, 0.05) is 17.7 Å². The first-order chi connectivity index (χ1) is 11.7. The van der Waals surface area contributed by atoms with Crippen molar-refractivity contribution in [2.24, 2.45) is 0 Å². The standard InChI is InChI=1S/C18H18FN3O2/c19-13-7-9-14(10-8-13)22-16-6-2-1-5-15(16)17(21-22)18(23)24-12-4-3-11-20/h7-10H,1-6,12H2. The maximum absolute atomic E-state index is 13.2. The van der Waals surface area contributed by atoms with E-state index in [-0.39, 0.29) is 12.4 Å². The SMILES string of the molecule is N#CCCCOC(=O)c1nn(-c2ccc(F)cc2)c2c1CCCC2. The summed E-state index contributed by atoms with van der Waals surface area (Å²) in [6.45, 7) is 0.213. The number of hydrogen-bond acceptors (Lipinski definition) is 4. The molecule has 0 atom stereocenters. The molecule has 0 saturated heterocycles. The molecule has 124 valence electrons. The molecule has 0 N–H and O–H groups in total. The average Bonchev–Trinajstić information content (AvgIpc) is 2.99. The third-order valence-electron chi connectivity index (χ3n) is 4.11. The van der Waals surface area contributed by atoms with E-state index in [1.54, 1.807) is 16.8 Å². The molecular formula is C18H18FN3O2. The quantitative estimate of drug-likeness (QED) is 0.624. The summed E-state index contributed by atoms with van der Waals surface area (Å²) in [6.07, 6.45) is 4.55. The zero-order valence-corrected chi connectivity index (χ0v) is 13.3. The maximum Gasteiger partial charge on any atom is 0.359 e. The molecular weight excluding hydrogens is 309 g/mol. The number of fused-ring (bicyclic) bond motifs is 1. The van der Waals surface area contributed by atoms with Crippen LogP contribution in [-0.4, -0.2) is 22.4 Å². The molecule has 0 aliphatic heterocycles. The lowest BCUT2D eigenvalue weighted by Gasteiger charge is -2.14. The third-order valence-corrected chi connectivity index (χ3v) is 4.11. The molecule has 3 rings (SSSR count). The predicted molar refractivity (Wildman–Crippen MR) is 85.3 cm³/mol. The summed E-state index contributed by atoms with van der Waals surface area (Å²) in [6, 6.07) is 8.09. The summed E-state index contributed by atoms with van der Waals surface area (Å²) in [5.74, 6) is -0.760. The van der Waals surface area contributed by atoms with Crippen molar-refractivity contribution >= 4 is 5.97 Å². The number of carbonyl (C=O) groups excluding carboxylic acids is 1. The van der Waals surface area contributed by atoms with E-state index in [0.717, 1.165) is 42.6 Å². The van der Waals surface area contributed by atoms with Crippen molar-refractivity contribution in [3.05, 3.63) is 47.0 Å². The second-order valence-electron chi connectivity index (χ2n) is 5.77. The van der Waals surface area contributed by atoms with E-state index in [2.05, 4.69) is 5.10 Å². The van der Waals surface area contributed by atoms with Crippen molar-refractivity contribution in [3.63, 3.8) is 0 Å². The number of ether oxygens (including phenoxy) is 1. The maximum atomic E-state index is 13.2. The van der Waals surface area contributed by atoms with E-state index in [0.29, 0.717) is 18.5 Å². The minimum atomic E-state index is -0.452. The van der Waals surface area contributed by atoms with Gasteiger partial charge in [0.15, 0.2) is 5.69 Å². The van der Waals surface area contributed by atoms with Crippen LogP contribution < -0.4 is 0 Å². The molecule has 0 saturated carbocycles. The van der Waals surface area contributed by atoms with Crippen molar-refractivity contribution in [1.29, 1.82) is 5.26 Å². The highest BCUT2D eigenvalue weighted by atomic mass is 19.1. The molecule has 6 heteroatoms. The fourth-order valence-electron chi connectivity index (χ4n) is 2.94. The molecule has 24 heavy (non-hydrogen) atoms. The lowest BCUT2D eigenvalue weighted by Crippen LogP contribution is -2.11. The smallest absolute Gasteiger partial charge is 0.359 e. The first-order valence-electron chi connectivity index (χ1n) is 8.11. The van der Waals surface area contributed by atoms with Gasteiger partial charge in [-0.3, -0.25) is 0 Å². The van der Waals surface area contributed by atoms with Gasteiger partial charge >= 0.3 is 5.97 Å². The fraction of sp³-hybridized carbons (Fsp3) is 0.389. The Kier molecular flexibility index (Phi) is 4.90. The second-order valence-corrected chi connectivity index (χ2v) is 5.77. The van der Waals surface area contributed by atoms with Gasteiger partial charge in [0.1, 0.15) is 5.82 Å². The Morgan fingerprint density at radius 2 is 2.04 bits per heavy atom. The van der Waals surface area contributed by atoms with E-state index in [1.807, 2.05) is 6.07 Å². The average molecular weight is 327 g/mol. The van der Waals surface area contributed by atoms with Crippen LogP contribution in [0.5, 0.6) is 0 Å². The molecule has 0 radical (unpaired) electrons. The van der Waals surface area contributed by atoms with Gasteiger partial charge in [0.05, 0.1) is 18.4 Å². The van der Waals surface area contributed by atoms with E-state index >= 15 is 0 Å². The monoisotopic (exact) mass is 327 g/mol. The van der Waals surface area contributed by atoms with Crippen LogP contribution in [0, 0.1) is 17.1 Å². The first kappa shape index (κ1) is 16.2. The Balaban J connectivity index is 1.89. The summed E-state index contributed by atoms with van der Waals surface area (Å²) in [7, 11) is 0. The highest BCUT2D eigenvalue weighted by Crippen LogP contribution is 2.27. The minimum absolute atomic E-state index is 0.213. The largest absolute Gasteiger partial charge is 0.461 e. The van der Waals surface area contributed by atoms with Gasteiger partial charge in [-0.25, -0.2) is 13.9 Å². The van der Waals surface area contributed by atoms with Gasteiger partial charge in [0.25, 0.3) is 0 Å². The first-order valence-corrected chi connectivity index (χ1v) is 8.11. The van der Waals surface area contributed by atoms with Crippen molar-refractivity contribution in [2.75, 3.05) is 6.61 Å². The van der Waals surface area contributed by atoms with E-state index in [9.17, 15) is 9.18 Å². The van der Waals surface area contributed by atoms with Crippen LogP contribution in [0.1, 0.15) is 47.4 Å². The number of aromatic nitrogens is 2. The lowest BCUT2D eigenvalue weighted by molar-refractivity contribution is 0.0493. The topological polar surface area (TPSA) is 67.9 Å². The number of hydrogen-bond donors (Lipinski definition) is 0. The molecule has 5 nitrogen and oxygen atoms in total. The highest BCUT2D eigenvalue weighted by molar-refractivity contribution is 5.89. The second kappa shape index (κ2) is 7.26. The molecule has 0 amide bonds. The number of nitriles is 1. The van der Waals surface area contributed by atoms with Crippen LogP contribution in [0.4, 0.5) is 4.39 Å². The molecule has 0 spiro atoms. The molecule has 0 bridgehead atoms. The van der Waals surface area contributed by atoms with Crippen LogP contribution >= 0.6 is 0 Å². The zero-order valence-electron chi connectivity index (χ0n) is 13.3. The number of unbranched alkanes of at least 4 members (excludes halogenated alkanes) is 1. The molecule has 1 aliphatic carbocycles. The lowest BCUT2D eigenvalue weighted by atomic mass is 9.95. The van der Waals surface area contributed by atoms with Crippen LogP contribution in [-0.2, 0) is 17.6 Å². The van der Waals surface area contributed by atoms with Crippen LogP contribution in [0.15, 0.2) is 24.3 Å². The van der Waals surface area contributed by atoms with E-state index < -0.39 is 5.97 Å². The van der Waals surface area contributed by atoms with Crippen molar-refractivity contribution < 1.29 is 13.9 Å². The number of esters is 1. The number of rotatable bonds is 5. The van der Waals surface area contributed by atoms with Crippen molar-refractivity contribution in [3.8, 4) is 11.8 Å². The van der Waals surface area contributed by atoms with Gasteiger partial charge in [-0.05, 0) is 56.4 Å². The number of halogens is 1. The van der Waals surface area contributed by atoms with Crippen LogP contribution in [0.2, 0.25) is 0 Å². The molecule has 2 aromatic rings. The molecule has 1 aromatic carbocycles. The summed E-state index contributed by atoms with van der Waals surface area (Å²) in [5.41, 5.74) is 3.00. The van der Waals surface area contributed by atoms with Gasteiger partial charge in [-0.1, -0.05) is 0 Å². The minimum Gasteiger partial charge on any atom is -0.461 e. The van der Waals surface area contributed by atoms with E-state index in [1.165, 1.54) is 12.1 Å². The molecule has 0 fully saturated rings. The van der Waals surface area contributed by atoms with E-state index in [4.69, 9.17) is 10.00 Å².